The average Bonchev–Trinajstić information content (AvgIpc) is 1.91. The van der Waals surface area contributed by atoms with Gasteiger partial charge in [0.1, 0.15) is 6.10 Å². The van der Waals surface area contributed by atoms with E-state index in [1.54, 1.807) is 0 Å². The van der Waals surface area contributed by atoms with Gasteiger partial charge in [-0.3, -0.25) is 4.79 Å². The molecule has 3 heteroatoms. The molecular weight excluding hydrogens is 168 g/mol. The molecule has 0 aliphatic heterocycles. The maximum Gasteiger partial charge on any atom is 0.184 e. The highest BCUT2D eigenvalue weighted by molar-refractivity contribution is 6.69. The number of hydrogen-bond donors (Lipinski definition) is 0. The summed E-state index contributed by atoms with van der Waals surface area (Å²) in [6, 6.07) is 0. The molecule has 1 aliphatic carbocycles. The van der Waals surface area contributed by atoms with Crippen LogP contribution >= 0.6 is 0 Å². The molecule has 2 nitrogen and oxygen atoms in total. The zero-order valence-corrected chi connectivity index (χ0v) is 9.22. The van der Waals surface area contributed by atoms with Crippen molar-refractivity contribution in [2.45, 2.75) is 51.4 Å². The predicted molar refractivity (Wildman–Crippen MR) is 51.7 cm³/mol. The van der Waals surface area contributed by atoms with Gasteiger partial charge in [-0.05, 0) is 32.5 Å². The third kappa shape index (κ3) is 3.07. The fourth-order valence-corrected chi connectivity index (χ4v) is 2.61. The minimum Gasteiger partial charge on any atom is -0.408 e. The highest BCUT2D eigenvalue weighted by Gasteiger charge is 2.28. The molecule has 0 amide bonds. The van der Waals surface area contributed by atoms with Crippen molar-refractivity contribution in [1.82, 2.24) is 0 Å². The van der Waals surface area contributed by atoms with Crippen molar-refractivity contribution in [3.8, 4) is 0 Å². The van der Waals surface area contributed by atoms with Gasteiger partial charge in [0, 0.05) is 6.42 Å². The number of hydrogen-bond acceptors (Lipinski definition) is 2. The van der Waals surface area contributed by atoms with E-state index in [1.165, 1.54) is 0 Å². The van der Waals surface area contributed by atoms with Crippen molar-refractivity contribution >= 4 is 14.1 Å². The van der Waals surface area contributed by atoms with E-state index >= 15 is 0 Å². The molecule has 1 atom stereocenters. The van der Waals surface area contributed by atoms with Gasteiger partial charge in [-0.2, -0.15) is 0 Å². The fourth-order valence-electron chi connectivity index (χ4n) is 1.50. The molecule has 0 bridgehead atoms. The maximum atomic E-state index is 11.4. The summed E-state index contributed by atoms with van der Waals surface area (Å²) >= 11 is 0. The Morgan fingerprint density at radius 3 is 2.50 bits per heavy atom. The van der Waals surface area contributed by atoms with Crippen molar-refractivity contribution in [2.75, 3.05) is 0 Å². The minimum atomic E-state index is -1.51. The van der Waals surface area contributed by atoms with E-state index in [-0.39, 0.29) is 6.10 Å². The average molecular weight is 186 g/mol. The second-order valence-electron chi connectivity index (χ2n) is 4.43. The van der Waals surface area contributed by atoms with Crippen molar-refractivity contribution in [2.24, 2.45) is 0 Å². The van der Waals surface area contributed by atoms with Crippen LogP contribution in [-0.2, 0) is 9.22 Å². The smallest absolute Gasteiger partial charge is 0.184 e. The van der Waals surface area contributed by atoms with Gasteiger partial charge in [-0.25, -0.2) is 0 Å². The number of carbonyl (C=O) groups excluding carboxylic acids is 1. The zero-order valence-electron chi connectivity index (χ0n) is 8.22. The maximum absolute atomic E-state index is 11.4. The molecular formula is C9H18O2Si. The summed E-state index contributed by atoms with van der Waals surface area (Å²) in [5.74, 6) is 0.323. The number of Topliss-reactive ketones (excluding diaryl/α,β-unsaturated/α-hetero) is 1. The van der Waals surface area contributed by atoms with E-state index in [0.717, 1.165) is 25.7 Å². The first-order chi connectivity index (χ1) is 5.49. The molecule has 1 rings (SSSR count). The van der Waals surface area contributed by atoms with Gasteiger partial charge < -0.3 is 4.43 Å². The molecule has 0 aromatic rings. The quantitative estimate of drug-likeness (QED) is 0.619. The Morgan fingerprint density at radius 1 is 1.33 bits per heavy atom. The summed E-state index contributed by atoms with van der Waals surface area (Å²) in [5.41, 5.74) is 0. The first-order valence-corrected chi connectivity index (χ1v) is 8.10. The molecule has 1 fully saturated rings. The molecule has 0 aromatic heterocycles. The standard InChI is InChI=1S/C9H18O2Si/c1-12(2,3)11-9-7-5-4-6-8(9)10/h9H,4-7H2,1-3H3. The Balaban J connectivity index is 2.45. The van der Waals surface area contributed by atoms with Gasteiger partial charge in [-0.1, -0.05) is 6.42 Å². The lowest BCUT2D eigenvalue weighted by Crippen LogP contribution is -2.38. The molecule has 0 aromatic carbocycles. The summed E-state index contributed by atoms with van der Waals surface area (Å²) in [6.07, 6.45) is 3.83. The van der Waals surface area contributed by atoms with Crippen molar-refractivity contribution < 1.29 is 9.22 Å². The van der Waals surface area contributed by atoms with E-state index in [2.05, 4.69) is 19.6 Å². The van der Waals surface area contributed by atoms with Gasteiger partial charge in [0.15, 0.2) is 14.1 Å². The normalized spacial score (nSPS) is 25.9. The Labute approximate surface area is 75.4 Å². The minimum absolute atomic E-state index is 0.0644. The molecule has 1 aliphatic rings. The van der Waals surface area contributed by atoms with Crippen LogP contribution in [0.25, 0.3) is 0 Å². The zero-order chi connectivity index (χ0) is 9.19. The van der Waals surface area contributed by atoms with E-state index in [1.807, 2.05) is 0 Å². The van der Waals surface area contributed by atoms with E-state index < -0.39 is 8.32 Å². The molecule has 12 heavy (non-hydrogen) atoms. The van der Waals surface area contributed by atoms with Crippen LogP contribution in [0.1, 0.15) is 25.7 Å². The van der Waals surface area contributed by atoms with Crippen LogP contribution in [0.3, 0.4) is 0 Å². The van der Waals surface area contributed by atoms with Crippen LogP contribution in [0.15, 0.2) is 0 Å². The van der Waals surface area contributed by atoms with E-state index in [9.17, 15) is 4.79 Å². The highest BCUT2D eigenvalue weighted by atomic mass is 28.4. The van der Waals surface area contributed by atoms with Crippen molar-refractivity contribution in [3.63, 3.8) is 0 Å². The first-order valence-electron chi connectivity index (χ1n) is 4.69. The van der Waals surface area contributed by atoms with Crippen molar-refractivity contribution in [1.29, 1.82) is 0 Å². The lowest BCUT2D eigenvalue weighted by atomic mass is 9.97. The van der Waals surface area contributed by atoms with Gasteiger partial charge in [-0.15, -0.1) is 0 Å². The predicted octanol–water partition coefficient (Wildman–Crippen LogP) is 2.35. The molecule has 0 spiro atoms. The van der Waals surface area contributed by atoms with Crippen LogP contribution in [0.2, 0.25) is 19.6 Å². The topological polar surface area (TPSA) is 26.3 Å². The molecule has 0 N–H and O–H groups in total. The fraction of sp³-hybridized carbons (Fsp3) is 0.889. The third-order valence-electron chi connectivity index (χ3n) is 1.99. The van der Waals surface area contributed by atoms with Crippen LogP contribution in [0.5, 0.6) is 0 Å². The van der Waals surface area contributed by atoms with E-state index in [0.29, 0.717) is 5.78 Å². The Kier molecular flexibility index (Phi) is 3.07. The Bertz CT molecular complexity index is 172. The van der Waals surface area contributed by atoms with Gasteiger partial charge in [0.2, 0.25) is 0 Å². The summed E-state index contributed by atoms with van der Waals surface area (Å²) in [4.78, 5) is 11.4. The molecule has 0 saturated heterocycles. The molecule has 1 unspecified atom stereocenters. The lowest BCUT2D eigenvalue weighted by Gasteiger charge is -2.27. The highest BCUT2D eigenvalue weighted by Crippen LogP contribution is 2.20. The van der Waals surface area contributed by atoms with Crippen molar-refractivity contribution in [3.05, 3.63) is 0 Å². The van der Waals surface area contributed by atoms with Crippen LogP contribution in [0.4, 0.5) is 0 Å². The first kappa shape index (κ1) is 9.93. The van der Waals surface area contributed by atoms with Crippen LogP contribution < -0.4 is 0 Å². The van der Waals surface area contributed by atoms with Gasteiger partial charge in [0.25, 0.3) is 0 Å². The Morgan fingerprint density at radius 2 is 2.00 bits per heavy atom. The number of ketones is 1. The second kappa shape index (κ2) is 3.71. The number of rotatable bonds is 2. The van der Waals surface area contributed by atoms with Crippen LogP contribution in [-0.4, -0.2) is 20.2 Å². The monoisotopic (exact) mass is 186 g/mol. The lowest BCUT2D eigenvalue weighted by molar-refractivity contribution is -0.128. The number of carbonyl (C=O) groups is 1. The summed E-state index contributed by atoms with van der Waals surface area (Å²) in [6.45, 7) is 6.40. The summed E-state index contributed by atoms with van der Waals surface area (Å²) in [5, 5.41) is 0. The van der Waals surface area contributed by atoms with Gasteiger partial charge >= 0.3 is 0 Å². The summed E-state index contributed by atoms with van der Waals surface area (Å²) in [7, 11) is -1.51. The largest absolute Gasteiger partial charge is 0.408 e. The molecule has 1 saturated carbocycles. The third-order valence-corrected chi connectivity index (χ3v) is 2.99. The Hall–Kier alpha value is -0.153. The molecule has 70 valence electrons. The second-order valence-corrected chi connectivity index (χ2v) is 8.89. The molecule has 0 radical (unpaired) electrons. The van der Waals surface area contributed by atoms with Crippen LogP contribution in [0, 0.1) is 0 Å². The van der Waals surface area contributed by atoms with E-state index in [4.69, 9.17) is 4.43 Å². The summed E-state index contributed by atoms with van der Waals surface area (Å²) < 4.78 is 5.78. The molecule has 0 heterocycles. The SMILES string of the molecule is C[Si](C)(C)OC1CCCCC1=O. The van der Waals surface area contributed by atoms with Gasteiger partial charge in [0.05, 0.1) is 0 Å².